The van der Waals surface area contributed by atoms with Crippen molar-refractivity contribution in [1.29, 1.82) is 0 Å². The normalized spacial score (nSPS) is 21.0. The Balaban J connectivity index is 2.26. The second kappa shape index (κ2) is 11.1. The van der Waals surface area contributed by atoms with E-state index in [1.54, 1.807) is 0 Å². The monoisotopic (exact) mass is 455 g/mol. The molecule has 0 saturated carbocycles. The van der Waals surface area contributed by atoms with Gasteiger partial charge in [-0.05, 0) is 82.2 Å². The summed E-state index contributed by atoms with van der Waals surface area (Å²) in [5, 5.41) is 0. The molecule has 0 saturated heterocycles. The minimum absolute atomic E-state index is 0.0257. The molecule has 3 rings (SSSR count). The maximum Gasteiger partial charge on any atom is 0.321 e. The minimum atomic E-state index is -1.20. The highest BCUT2D eigenvalue weighted by atomic mass is 31.2. The van der Waals surface area contributed by atoms with Gasteiger partial charge in [-0.25, -0.2) is 4.67 Å². The van der Waals surface area contributed by atoms with Gasteiger partial charge in [0, 0.05) is 23.6 Å². The number of rotatable bonds is 8. The SMILES string of the molecule is CCCc1c(CC)ccc2c1[C@@H](c1ccccc1CC)[C@@H](C)OP(N(C(C)C)C(C)C)O2. The summed E-state index contributed by atoms with van der Waals surface area (Å²) in [6.07, 6.45) is 4.28. The molecule has 0 spiro atoms. The van der Waals surface area contributed by atoms with E-state index in [0.717, 1.165) is 31.4 Å². The van der Waals surface area contributed by atoms with Gasteiger partial charge in [-0.3, -0.25) is 0 Å². The molecule has 0 aliphatic carbocycles. The fraction of sp³-hybridized carbons (Fsp3) is 0.571. The second-order valence-corrected chi connectivity index (χ2v) is 10.8. The van der Waals surface area contributed by atoms with E-state index in [2.05, 4.69) is 96.5 Å². The zero-order valence-corrected chi connectivity index (χ0v) is 22.2. The highest BCUT2D eigenvalue weighted by molar-refractivity contribution is 7.45. The number of aryl methyl sites for hydroxylation is 2. The molecule has 3 nitrogen and oxygen atoms in total. The molecule has 1 aliphatic rings. The third-order valence-corrected chi connectivity index (χ3v) is 8.69. The van der Waals surface area contributed by atoms with E-state index >= 15 is 0 Å². The maximum absolute atomic E-state index is 6.82. The van der Waals surface area contributed by atoms with Crippen LogP contribution in [0.4, 0.5) is 0 Å². The van der Waals surface area contributed by atoms with Gasteiger partial charge in [0.1, 0.15) is 5.75 Å². The first-order valence-corrected chi connectivity index (χ1v) is 13.6. The Morgan fingerprint density at radius 2 is 1.56 bits per heavy atom. The van der Waals surface area contributed by atoms with Crippen LogP contribution in [0.3, 0.4) is 0 Å². The van der Waals surface area contributed by atoms with Crippen LogP contribution in [-0.2, 0) is 23.8 Å². The molecule has 2 aromatic carbocycles. The maximum atomic E-state index is 6.82. The van der Waals surface area contributed by atoms with E-state index in [9.17, 15) is 0 Å². The van der Waals surface area contributed by atoms with E-state index < -0.39 is 8.53 Å². The predicted octanol–water partition coefficient (Wildman–Crippen LogP) is 8.04. The summed E-state index contributed by atoms with van der Waals surface area (Å²) in [5.41, 5.74) is 7.05. The lowest BCUT2D eigenvalue weighted by molar-refractivity contribution is 0.168. The van der Waals surface area contributed by atoms with E-state index in [-0.39, 0.29) is 12.0 Å². The molecular formula is C28H42NO2P. The van der Waals surface area contributed by atoms with Crippen molar-refractivity contribution in [2.45, 2.75) is 105 Å². The van der Waals surface area contributed by atoms with Crippen molar-refractivity contribution in [3.8, 4) is 5.75 Å². The van der Waals surface area contributed by atoms with Gasteiger partial charge < -0.3 is 9.05 Å². The van der Waals surface area contributed by atoms with Crippen LogP contribution in [0.15, 0.2) is 36.4 Å². The van der Waals surface area contributed by atoms with Crippen LogP contribution in [0, 0.1) is 0 Å². The van der Waals surface area contributed by atoms with Crippen LogP contribution in [-0.4, -0.2) is 22.9 Å². The second-order valence-electron chi connectivity index (χ2n) is 9.46. The average molecular weight is 456 g/mol. The molecule has 1 heterocycles. The van der Waals surface area contributed by atoms with Crippen molar-refractivity contribution >= 4 is 8.53 Å². The van der Waals surface area contributed by atoms with Gasteiger partial charge in [-0.2, -0.15) is 0 Å². The third-order valence-electron chi connectivity index (χ3n) is 6.53. The lowest BCUT2D eigenvalue weighted by Crippen LogP contribution is -2.35. The molecule has 1 aliphatic heterocycles. The molecule has 2 aromatic rings. The third kappa shape index (κ3) is 5.06. The lowest BCUT2D eigenvalue weighted by Gasteiger charge is -2.35. The summed E-state index contributed by atoms with van der Waals surface area (Å²) in [5.74, 6) is 1.19. The standard InChI is InChI=1S/C28H42NO2P/c1-9-14-24-23(11-3)17-18-26-28(24)27(25-16-13-12-15-22(25)10-2)21(8)30-32(31-26)29(19(4)5)20(6)7/h12-13,15-21,27H,9-11,14H2,1-8H3/t21-,27-,32?/m1/s1. The molecule has 32 heavy (non-hydrogen) atoms. The molecule has 0 radical (unpaired) electrons. The van der Waals surface area contributed by atoms with Crippen LogP contribution in [0.25, 0.3) is 0 Å². The molecule has 1 unspecified atom stereocenters. The predicted molar refractivity (Wildman–Crippen MR) is 138 cm³/mol. The van der Waals surface area contributed by atoms with Gasteiger partial charge in [-0.15, -0.1) is 0 Å². The van der Waals surface area contributed by atoms with Crippen molar-refractivity contribution in [2.24, 2.45) is 0 Å². The fourth-order valence-electron chi connectivity index (χ4n) is 5.17. The van der Waals surface area contributed by atoms with E-state index in [1.165, 1.54) is 27.8 Å². The number of hydrogen-bond acceptors (Lipinski definition) is 3. The van der Waals surface area contributed by atoms with Gasteiger partial charge in [0.15, 0.2) is 0 Å². The zero-order chi connectivity index (χ0) is 23.4. The highest BCUT2D eigenvalue weighted by Gasteiger charge is 2.39. The minimum Gasteiger partial charge on any atom is -0.435 e. The van der Waals surface area contributed by atoms with Gasteiger partial charge >= 0.3 is 8.53 Å². The van der Waals surface area contributed by atoms with Crippen LogP contribution >= 0.6 is 8.53 Å². The van der Waals surface area contributed by atoms with Crippen LogP contribution in [0.1, 0.15) is 95.5 Å². The van der Waals surface area contributed by atoms with E-state index in [4.69, 9.17) is 9.05 Å². The topological polar surface area (TPSA) is 21.7 Å². The fourth-order valence-corrected chi connectivity index (χ4v) is 6.91. The summed E-state index contributed by atoms with van der Waals surface area (Å²) >= 11 is 0. The molecule has 0 fully saturated rings. The summed E-state index contributed by atoms with van der Waals surface area (Å²) in [7, 11) is -1.20. The van der Waals surface area contributed by atoms with Crippen LogP contribution in [0.5, 0.6) is 5.75 Å². The van der Waals surface area contributed by atoms with Gasteiger partial charge in [0.05, 0.1) is 6.10 Å². The molecule has 0 amide bonds. The number of fused-ring (bicyclic) bond motifs is 1. The van der Waals surface area contributed by atoms with E-state index in [0.29, 0.717) is 12.1 Å². The molecule has 176 valence electrons. The van der Waals surface area contributed by atoms with Crippen molar-refractivity contribution in [3.05, 3.63) is 64.2 Å². The summed E-state index contributed by atoms with van der Waals surface area (Å²) < 4.78 is 16.0. The van der Waals surface area contributed by atoms with Gasteiger partial charge in [0.2, 0.25) is 0 Å². The van der Waals surface area contributed by atoms with Gasteiger partial charge in [-0.1, -0.05) is 57.5 Å². The lowest BCUT2D eigenvalue weighted by atomic mass is 9.79. The quantitative estimate of drug-likeness (QED) is 0.376. The Morgan fingerprint density at radius 3 is 2.16 bits per heavy atom. The summed E-state index contributed by atoms with van der Waals surface area (Å²) in [4.78, 5) is 0. The van der Waals surface area contributed by atoms with Crippen LogP contribution < -0.4 is 4.52 Å². The largest absolute Gasteiger partial charge is 0.435 e. The van der Waals surface area contributed by atoms with E-state index in [1.807, 2.05) is 0 Å². The number of nitrogens with zero attached hydrogens (tertiary/aromatic N) is 1. The van der Waals surface area contributed by atoms with Crippen molar-refractivity contribution in [2.75, 3.05) is 0 Å². The summed E-state index contributed by atoms with van der Waals surface area (Å²) in [6, 6.07) is 14.1. The highest BCUT2D eigenvalue weighted by Crippen LogP contribution is 2.55. The molecule has 3 atom stereocenters. The van der Waals surface area contributed by atoms with Gasteiger partial charge in [0.25, 0.3) is 0 Å². The molecule has 0 aromatic heterocycles. The number of benzene rings is 2. The first-order chi connectivity index (χ1) is 15.3. The average Bonchev–Trinajstić information content (AvgIpc) is 2.89. The molecule has 4 heteroatoms. The smallest absolute Gasteiger partial charge is 0.321 e. The van der Waals surface area contributed by atoms with Crippen molar-refractivity contribution < 1.29 is 9.05 Å². The molecule has 0 N–H and O–H groups in total. The zero-order valence-electron chi connectivity index (χ0n) is 21.3. The number of hydrogen-bond donors (Lipinski definition) is 0. The summed E-state index contributed by atoms with van der Waals surface area (Å²) in [6.45, 7) is 18.0. The Kier molecular flexibility index (Phi) is 8.78. The first kappa shape index (κ1) is 25.2. The Bertz CT molecular complexity index is 887. The first-order valence-electron chi connectivity index (χ1n) is 12.5. The van der Waals surface area contributed by atoms with Crippen molar-refractivity contribution in [3.63, 3.8) is 0 Å². The Morgan fingerprint density at radius 1 is 0.906 bits per heavy atom. The van der Waals surface area contributed by atoms with Crippen molar-refractivity contribution in [1.82, 2.24) is 4.67 Å². The molecule has 0 bridgehead atoms. The molecular weight excluding hydrogens is 413 g/mol. The van der Waals surface area contributed by atoms with Crippen LogP contribution in [0.2, 0.25) is 0 Å². The Labute approximate surface area is 197 Å². The Hall–Kier alpha value is -1.41.